The lowest BCUT2D eigenvalue weighted by molar-refractivity contribution is 0.407. The maximum Gasteiger partial charge on any atom is 0.124 e. The van der Waals surface area contributed by atoms with Gasteiger partial charge in [-0.2, -0.15) is 0 Å². The van der Waals surface area contributed by atoms with Crippen LogP contribution < -0.4 is 10.1 Å². The van der Waals surface area contributed by atoms with Crippen LogP contribution in [0.25, 0.3) is 0 Å². The molecule has 0 aliphatic rings. The van der Waals surface area contributed by atoms with E-state index in [1.165, 1.54) is 5.56 Å². The SMILES string of the molecule is COc1cc(C)ccc1C(C)Nc1cc(Br)ccc1Br. The molecular formula is C16H17Br2NO. The van der Waals surface area contributed by atoms with Crippen LogP contribution in [0, 0.1) is 6.92 Å². The minimum Gasteiger partial charge on any atom is -0.496 e. The summed E-state index contributed by atoms with van der Waals surface area (Å²) < 4.78 is 7.57. The van der Waals surface area contributed by atoms with E-state index in [2.05, 4.69) is 75.3 Å². The molecule has 0 radical (unpaired) electrons. The highest BCUT2D eigenvalue weighted by Crippen LogP contribution is 2.32. The first-order valence-corrected chi connectivity index (χ1v) is 7.96. The Morgan fingerprint density at radius 1 is 1.10 bits per heavy atom. The number of halogens is 2. The number of anilines is 1. The molecule has 0 heterocycles. The normalized spacial score (nSPS) is 12.1. The van der Waals surface area contributed by atoms with Gasteiger partial charge in [0.1, 0.15) is 5.75 Å². The molecule has 0 saturated carbocycles. The smallest absolute Gasteiger partial charge is 0.124 e. The minimum atomic E-state index is 0.149. The fourth-order valence-electron chi connectivity index (χ4n) is 2.10. The quantitative estimate of drug-likeness (QED) is 0.712. The van der Waals surface area contributed by atoms with Crippen LogP contribution in [0.15, 0.2) is 45.3 Å². The Morgan fingerprint density at radius 3 is 2.55 bits per heavy atom. The van der Waals surface area contributed by atoms with Crippen molar-refractivity contribution in [3.8, 4) is 5.75 Å². The van der Waals surface area contributed by atoms with Crippen molar-refractivity contribution in [3.63, 3.8) is 0 Å². The molecule has 106 valence electrons. The first kappa shape index (κ1) is 15.4. The van der Waals surface area contributed by atoms with E-state index in [-0.39, 0.29) is 6.04 Å². The lowest BCUT2D eigenvalue weighted by Gasteiger charge is -2.20. The molecule has 0 aliphatic carbocycles. The van der Waals surface area contributed by atoms with Crippen molar-refractivity contribution < 1.29 is 4.74 Å². The summed E-state index contributed by atoms with van der Waals surface area (Å²) in [6, 6.07) is 12.5. The van der Waals surface area contributed by atoms with Crippen LogP contribution in [0.1, 0.15) is 24.1 Å². The Labute approximate surface area is 136 Å². The summed E-state index contributed by atoms with van der Waals surface area (Å²) in [7, 11) is 1.71. The number of benzene rings is 2. The van der Waals surface area contributed by atoms with Gasteiger partial charge in [0, 0.05) is 14.5 Å². The molecule has 0 aliphatic heterocycles. The summed E-state index contributed by atoms with van der Waals surface area (Å²) in [5.41, 5.74) is 3.39. The first-order chi connectivity index (χ1) is 9.51. The molecule has 1 unspecified atom stereocenters. The molecular weight excluding hydrogens is 382 g/mol. The summed E-state index contributed by atoms with van der Waals surface area (Å²) in [6.07, 6.45) is 0. The summed E-state index contributed by atoms with van der Waals surface area (Å²) in [4.78, 5) is 0. The van der Waals surface area contributed by atoms with Crippen LogP contribution in [0.5, 0.6) is 5.75 Å². The second kappa shape index (κ2) is 6.64. The third kappa shape index (κ3) is 3.55. The number of hydrogen-bond donors (Lipinski definition) is 1. The van der Waals surface area contributed by atoms with Gasteiger partial charge in [-0.1, -0.05) is 28.1 Å². The van der Waals surface area contributed by atoms with E-state index in [0.29, 0.717) is 0 Å². The Bertz CT molecular complexity index is 613. The average molecular weight is 399 g/mol. The van der Waals surface area contributed by atoms with Crippen molar-refractivity contribution in [1.82, 2.24) is 0 Å². The predicted octanol–water partition coefficient (Wildman–Crippen LogP) is 5.70. The monoisotopic (exact) mass is 397 g/mol. The molecule has 1 atom stereocenters. The van der Waals surface area contributed by atoms with Crippen LogP contribution in [-0.2, 0) is 0 Å². The highest BCUT2D eigenvalue weighted by atomic mass is 79.9. The number of hydrogen-bond acceptors (Lipinski definition) is 2. The van der Waals surface area contributed by atoms with E-state index in [9.17, 15) is 0 Å². The van der Waals surface area contributed by atoms with Crippen molar-refractivity contribution in [2.75, 3.05) is 12.4 Å². The van der Waals surface area contributed by atoms with Gasteiger partial charge in [-0.25, -0.2) is 0 Å². The molecule has 2 aromatic rings. The van der Waals surface area contributed by atoms with Gasteiger partial charge in [-0.15, -0.1) is 0 Å². The summed E-state index contributed by atoms with van der Waals surface area (Å²) in [6.45, 7) is 4.19. The molecule has 0 amide bonds. The van der Waals surface area contributed by atoms with E-state index in [0.717, 1.165) is 25.9 Å². The van der Waals surface area contributed by atoms with E-state index in [4.69, 9.17) is 4.74 Å². The minimum absolute atomic E-state index is 0.149. The fraction of sp³-hybridized carbons (Fsp3) is 0.250. The van der Waals surface area contributed by atoms with Gasteiger partial charge < -0.3 is 10.1 Å². The van der Waals surface area contributed by atoms with Gasteiger partial charge >= 0.3 is 0 Å². The number of rotatable bonds is 4. The Morgan fingerprint density at radius 2 is 1.85 bits per heavy atom. The lowest BCUT2D eigenvalue weighted by atomic mass is 10.0. The fourth-order valence-corrected chi connectivity index (χ4v) is 2.82. The highest BCUT2D eigenvalue weighted by Gasteiger charge is 2.12. The standard InChI is InChI=1S/C16H17Br2NO/c1-10-4-6-13(16(8-10)20-3)11(2)19-15-9-12(17)5-7-14(15)18/h4-9,11,19H,1-3H3. The van der Waals surface area contributed by atoms with Crippen LogP contribution in [-0.4, -0.2) is 7.11 Å². The topological polar surface area (TPSA) is 21.3 Å². The van der Waals surface area contributed by atoms with Gasteiger partial charge in [0.25, 0.3) is 0 Å². The Hall–Kier alpha value is -1.000. The van der Waals surface area contributed by atoms with Crippen LogP contribution in [0.4, 0.5) is 5.69 Å². The number of aryl methyl sites for hydroxylation is 1. The average Bonchev–Trinajstić information content (AvgIpc) is 2.42. The number of ether oxygens (including phenoxy) is 1. The maximum absolute atomic E-state index is 5.48. The second-order valence-corrected chi connectivity index (χ2v) is 6.51. The van der Waals surface area contributed by atoms with E-state index < -0.39 is 0 Å². The zero-order valence-electron chi connectivity index (χ0n) is 11.7. The molecule has 0 aromatic heterocycles. The molecule has 20 heavy (non-hydrogen) atoms. The van der Waals surface area contributed by atoms with Gasteiger partial charge in [0.05, 0.1) is 18.8 Å². The summed E-state index contributed by atoms with van der Waals surface area (Å²) in [5.74, 6) is 0.913. The van der Waals surface area contributed by atoms with Gasteiger partial charge in [0.15, 0.2) is 0 Å². The van der Waals surface area contributed by atoms with Crippen molar-refractivity contribution in [2.45, 2.75) is 19.9 Å². The molecule has 4 heteroatoms. The van der Waals surface area contributed by atoms with Gasteiger partial charge in [-0.05, 0) is 59.6 Å². The molecule has 0 fully saturated rings. The predicted molar refractivity (Wildman–Crippen MR) is 91.6 cm³/mol. The third-order valence-corrected chi connectivity index (χ3v) is 4.34. The highest BCUT2D eigenvalue weighted by molar-refractivity contribution is 9.11. The van der Waals surface area contributed by atoms with E-state index in [1.54, 1.807) is 7.11 Å². The largest absolute Gasteiger partial charge is 0.496 e. The summed E-state index contributed by atoms with van der Waals surface area (Å²) in [5, 5.41) is 3.50. The van der Waals surface area contributed by atoms with Crippen molar-refractivity contribution in [1.29, 1.82) is 0 Å². The summed E-state index contributed by atoms with van der Waals surface area (Å²) >= 11 is 7.06. The molecule has 2 rings (SSSR count). The van der Waals surface area contributed by atoms with Crippen LogP contribution in [0.2, 0.25) is 0 Å². The van der Waals surface area contributed by atoms with Crippen LogP contribution in [0.3, 0.4) is 0 Å². The molecule has 2 nitrogen and oxygen atoms in total. The van der Waals surface area contributed by atoms with E-state index in [1.807, 2.05) is 12.1 Å². The number of methoxy groups -OCH3 is 1. The Kier molecular flexibility index (Phi) is 5.11. The van der Waals surface area contributed by atoms with Gasteiger partial charge in [0.2, 0.25) is 0 Å². The third-order valence-electron chi connectivity index (χ3n) is 3.16. The second-order valence-electron chi connectivity index (χ2n) is 4.74. The van der Waals surface area contributed by atoms with E-state index >= 15 is 0 Å². The zero-order valence-corrected chi connectivity index (χ0v) is 14.9. The maximum atomic E-state index is 5.48. The molecule has 0 saturated heterocycles. The Balaban J connectivity index is 2.28. The van der Waals surface area contributed by atoms with Crippen molar-refractivity contribution in [2.24, 2.45) is 0 Å². The van der Waals surface area contributed by atoms with Crippen LogP contribution >= 0.6 is 31.9 Å². The zero-order chi connectivity index (χ0) is 14.7. The first-order valence-electron chi connectivity index (χ1n) is 6.37. The molecule has 2 aromatic carbocycles. The number of nitrogens with one attached hydrogen (secondary N) is 1. The molecule has 0 bridgehead atoms. The van der Waals surface area contributed by atoms with Crippen molar-refractivity contribution in [3.05, 3.63) is 56.5 Å². The van der Waals surface area contributed by atoms with Gasteiger partial charge in [-0.3, -0.25) is 0 Å². The molecule has 0 spiro atoms. The lowest BCUT2D eigenvalue weighted by Crippen LogP contribution is -2.08. The molecule has 1 N–H and O–H groups in total. The van der Waals surface area contributed by atoms with Crippen molar-refractivity contribution >= 4 is 37.5 Å².